The quantitative estimate of drug-likeness (QED) is 0.883. The van der Waals surface area contributed by atoms with Crippen LogP contribution in [-0.4, -0.2) is 34.6 Å². The van der Waals surface area contributed by atoms with Crippen LogP contribution in [0.2, 0.25) is 0 Å². The molecule has 1 aromatic heterocycles. The lowest BCUT2D eigenvalue weighted by atomic mass is 9.93. The first-order chi connectivity index (χ1) is 9.09. The van der Waals surface area contributed by atoms with E-state index in [4.69, 9.17) is 0 Å². The van der Waals surface area contributed by atoms with Crippen LogP contribution in [0.3, 0.4) is 0 Å². The fraction of sp³-hybridized carbons (Fsp3) is 0.769. The number of amides is 1. The molecule has 6 heteroatoms. The van der Waals surface area contributed by atoms with Crippen LogP contribution in [-0.2, 0) is 0 Å². The van der Waals surface area contributed by atoms with Crippen LogP contribution in [0.25, 0.3) is 0 Å². The van der Waals surface area contributed by atoms with E-state index >= 15 is 0 Å². The van der Waals surface area contributed by atoms with Crippen LogP contribution in [0.5, 0.6) is 0 Å². The van der Waals surface area contributed by atoms with E-state index in [1.807, 2.05) is 13.8 Å². The summed E-state index contributed by atoms with van der Waals surface area (Å²) in [4.78, 5) is 12.9. The maximum absolute atomic E-state index is 12.3. The highest BCUT2D eigenvalue weighted by Gasteiger charge is 2.24. The second-order valence-corrected chi connectivity index (χ2v) is 6.26. The van der Waals surface area contributed by atoms with Crippen LogP contribution < -0.4 is 10.6 Å². The van der Waals surface area contributed by atoms with Crippen molar-refractivity contribution < 1.29 is 4.79 Å². The lowest BCUT2D eigenvalue weighted by Gasteiger charge is -2.28. The second kappa shape index (κ2) is 6.43. The van der Waals surface area contributed by atoms with Gasteiger partial charge in [0, 0.05) is 6.04 Å². The van der Waals surface area contributed by atoms with Crippen LogP contribution >= 0.6 is 11.5 Å². The van der Waals surface area contributed by atoms with Gasteiger partial charge in [-0.3, -0.25) is 4.79 Å². The molecule has 0 radical (unpaired) electrons. The van der Waals surface area contributed by atoms with E-state index in [-0.39, 0.29) is 17.9 Å². The molecular formula is C13H22N4OS. The number of carbonyl (C=O) groups is 1. The van der Waals surface area contributed by atoms with Gasteiger partial charge in [0.25, 0.3) is 5.91 Å². The van der Waals surface area contributed by atoms with Crippen molar-refractivity contribution in [3.63, 3.8) is 0 Å². The fourth-order valence-electron chi connectivity index (χ4n) is 2.43. The van der Waals surface area contributed by atoms with Gasteiger partial charge in [0.1, 0.15) is 4.88 Å². The number of aromatic nitrogens is 2. The van der Waals surface area contributed by atoms with Crippen molar-refractivity contribution in [1.29, 1.82) is 0 Å². The Labute approximate surface area is 118 Å². The summed E-state index contributed by atoms with van der Waals surface area (Å²) in [6.45, 7) is 8.22. The normalized spacial score (nSPS) is 21.4. The molecule has 2 atom stereocenters. The van der Waals surface area contributed by atoms with Crippen molar-refractivity contribution in [3.05, 3.63) is 10.6 Å². The molecule has 1 aromatic rings. The molecule has 0 bridgehead atoms. The largest absolute Gasteiger partial charge is 0.348 e. The fourth-order valence-corrected chi connectivity index (χ4v) is 3.15. The summed E-state index contributed by atoms with van der Waals surface area (Å²) >= 11 is 1.19. The zero-order valence-corrected chi connectivity index (χ0v) is 12.6. The summed E-state index contributed by atoms with van der Waals surface area (Å²) in [6.07, 6.45) is 2.36. The molecule has 106 valence electrons. The molecule has 5 nitrogen and oxygen atoms in total. The van der Waals surface area contributed by atoms with Crippen LogP contribution in [0.15, 0.2) is 0 Å². The summed E-state index contributed by atoms with van der Waals surface area (Å²) in [5, 5.41) is 10.5. The molecule has 2 heterocycles. The third kappa shape index (κ3) is 3.51. The van der Waals surface area contributed by atoms with Crippen molar-refractivity contribution in [1.82, 2.24) is 20.2 Å². The van der Waals surface area contributed by atoms with E-state index in [2.05, 4.69) is 27.1 Å². The minimum atomic E-state index is -0.0308. The summed E-state index contributed by atoms with van der Waals surface area (Å²) < 4.78 is 3.90. The molecule has 0 aromatic carbocycles. The Morgan fingerprint density at radius 2 is 2.26 bits per heavy atom. The maximum Gasteiger partial charge on any atom is 0.265 e. The van der Waals surface area contributed by atoms with Gasteiger partial charge in [-0.1, -0.05) is 18.3 Å². The molecule has 0 saturated carbocycles. The molecule has 1 aliphatic heterocycles. The van der Waals surface area contributed by atoms with Crippen molar-refractivity contribution in [2.75, 3.05) is 13.1 Å². The van der Waals surface area contributed by atoms with Gasteiger partial charge >= 0.3 is 0 Å². The van der Waals surface area contributed by atoms with Crippen LogP contribution in [0, 0.1) is 5.92 Å². The predicted molar refractivity (Wildman–Crippen MR) is 76.5 cm³/mol. The number of nitrogens with one attached hydrogen (secondary N) is 2. The van der Waals surface area contributed by atoms with Gasteiger partial charge in [0.2, 0.25) is 0 Å². The molecular weight excluding hydrogens is 260 g/mol. The van der Waals surface area contributed by atoms with Crippen molar-refractivity contribution >= 4 is 17.4 Å². The molecule has 2 N–H and O–H groups in total. The van der Waals surface area contributed by atoms with E-state index < -0.39 is 0 Å². The second-order valence-electron chi connectivity index (χ2n) is 5.51. The molecule has 0 spiro atoms. The standard InChI is InChI=1S/C13H22N4OS/c1-8(2)11-12(19-17-16-11)13(18)15-9(3)10-5-4-6-14-7-10/h8-10,14H,4-7H2,1-3H3,(H,15,18). The van der Waals surface area contributed by atoms with Gasteiger partial charge in [-0.2, -0.15) is 0 Å². The summed E-state index contributed by atoms with van der Waals surface area (Å²) in [6, 6.07) is 0.183. The Kier molecular flexibility index (Phi) is 4.87. The van der Waals surface area contributed by atoms with Crippen molar-refractivity contribution in [2.24, 2.45) is 5.92 Å². The average molecular weight is 282 g/mol. The third-order valence-electron chi connectivity index (χ3n) is 3.67. The highest BCUT2D eigenvalue weighted by Crippen LogP contribution is 2.20. The Balaban J connectivity index is 1.98. The SMILES string of the molecule is CC(C)c1nnsc1C(=O)NC(C)C1CCCNC1. The smallest absolute Gasteiger partial charge is 0.265 e. The van der Waals surface area contributed by atoms with E-state index in [0.29, 0.717) is 10.8 Å². The number of carbonyl (C=O) groups excluding carboxylic acids is 1. The number of hydrogen-bond donors (Lipinski definition) is 2. The Morgan fingerprint density at radius 3 is 2.89 bits per heavy atom. The topological polar surface area (TPSA) is 66.9 Å². The average Bonchev–Trinajstić information content (AvgIpc) is 2.89. The number of hydrogen-bond acceptors (Lipinski definition) is 5. The van der Waals surface area contributed by atoms with Gasteiger partial charge in [0.05, 0.1) is 5.69 Å². The monoisotopic (exact) mass is 282 g/mol. The number of nitrogens with zero attached hydrogens (tertiary/aromatic N) is 2. The molecule has 1 aliphatic rings. The Bertz CT molecular complexity index is 426. The van der Waals surface area contributed by atoms with Gasteiger partial charge in [-0.05, 0) is 56.2 Å². The van der Waals surface area contributed by atoms with Crippen molar-refractivity contribution in [3.8, 4) is 0 Å². The van der Waals surface area contributed by atoms with E-state index in [9.17, 15) is 4.79 Å². The van der Waals surface area contributed by atoms with E-state index in [1.165, 1.54) is 24.4 Å². The zero-order valence-electron chi connectivity index (χ0n) is 11.8. The molecule has 2 unspecified atom stereocenters. The first-order valence-electron chi connectivity index (χ1n) is 6.93. The molecule has 2 rings (SSSR count). The minimum Gasteiger partial charge on any atom is -0.348 e. The molecule has 1 amide bonds. The van der Waals surface area contributed by atoms with Gasteiger partial charge in [0.15, 0.2) is 0 Å². The van der Waals surface area contributed by atoms with E-state index in [0.717, 1.165) is 18.8 Å². The predicted octanol–water partition coefficient (Wildman–Crippen LogP) is 1.78. The lowest BCUT2D eigenvalue weighted by molar-refractivity contribution is 0.0924. The highest BCUT2D eigenvalue weighted by atomic mass is 32.1. The summed E-state index contributed by atoms with van der Waals surface area (Å²) in [5.41, 5.74) is 0.802. The number of piperidine rings is 1. The van der Waals surface area contributed by atoms with Crippen LogP contribution in [0.4, 0.5) is 0 Å². The molecule has 1 fully saturated rings. The number of rotatable bonds is 4. The third-order valence-corrected chi connectivity index (χ3v) is 4.41. The molecule has 1 saturated heterocycles. The molecule has 19 heavy (non-hydrogen) atoms. The zero-order chi connectivity index (χ0) is 13.8. The summed E-state index contributed by atoms with van der Waals surface area (Å²) in [7, 11) is 0. The Morgan fingerprint density at radius 1 is 1.47 bits per heavy atom. The molecule has 0 aliphatic carbocycles. The van der Waals surface area contributed by atoms with E-state index in [1.54, 1.807) is 0 Å². The van der Waals surface area contributed by atoms with Gasteiger partial charge < -0.3 is 10.6 Å². The maximum atomic E-state index is 12.3. The van der Waals surface area contributed by atoms with Crippen LogP contribution in [0.1, 0.15) is 54.9 Å². The first kappa shape index (κ1) is 14.4. The summed E-state index contributed by atoms with van der Waals surface area (Å²) in [5.74, 6) is 0.712. The lowest BCUT2D eigenvalue weighted by Crippen LogP contribution is -2.44. The van der Waals surface area contributed by atoms with Gasteiger partial charge in [-0.25, -0.2) is 0 Å². The van der Waals surface area contributed by atoms with Crippen molar-refractivity contribution in [2.45, 2.75) is 45.6 Å². The first-order valence-corrected chi connectivity index (χ1v) is 7.70. The highest BCUT2D eigenvalue weighted by molar-refractivity contribution is 7.08. The minimum absolute atomic E-state index is 0.0308. The van der Waals surface area contributed by atoms with Gasteiger partial charge in [-0.15, -0.1) is 5.10 Å². The Hall–Kier alpha value is -1.01.